The Kier molecular flexibility index (Phi) is 10.8. The Hall–Kier alpha value is -1.81. The molecule has 150 valence electrons. The van der Waals surface area contributed by atoms with Crippen LogP contribution in [0.2, 0.25) is 0 Å². The molecule has 0 radical (unpaired) electrons. The van der Waals surface area contributed by atoms with Crippen LogP contribution in [0.4, 0.5) is 0 Å². The second-order valence-electron chi connectivity index (χ2n) is 6.22. The summed E-state index contributed by atoms with van der Waals surface area (Å²) >= 11 is 0. The lowest BCUT2D eigenvalue weighted by molar-refractivity contribution is -0.127. The predicted octanol–water partition coefficient (Wildman–Crippen LogP) is 1.92. The Labute approximate surface area is 178 Å². The molecule has 0 saturated carbocycles. The Morgan fingerprint density at radius 1 is 1.19 bits per heavy atom. The standard InChI is InChI=1S/C19H29N5O2.HI/c1-23(2)18(25)15-22-19(21-11-14-26-3)20-10-6-12-24-13-9-16-7-4-5-8-17(16)24;/h4-5,7-9,13H,6,10-12,14-15H2,1-3H3,(H2,20,21,22);1H. The number of benzene rings is 1. The zero-order valence-electron chi connectivity index (χ0n) is 16.3. The number of carbonyl (C=O) groups is 1. The van der Waals surface area contributed by atoms with Gasteiger partial charge in [0.15, 0.2) is 5.96 Å². The zero-order valence-corrected chi connectivity index (χ0v) is 18.6. The largest absolute Gasteiger partial charge is 0.383 e. The molecule has 1 aromatic carbocycles. The van der Waals surface area contributed by atoms with Crippen molar-refractivity contribution in [3.63, 3.8) is 0 Å². The average Bonchev–Trinajstić information content (AvgIpc) is 3.05. The highest BCUT2D eigenvalue weighted by Crippen LogP contribution is 2.15. The van der Waals surface area contributed by atoms with Crippen molar-refractivity contribution >= 4 is 46.7 Å². The molecule has 0 aliphatic carbocycles. The van der Waals surface area contributed by atoms with E-state index in [-0.39, 0.29) is 36.4 Å². The predicted molar refractivity (Wildman–Crippen MR) is 121 cm³/mol. The molecule has 7 nitrogen and oxygen atoms in total. The molecule has 0 bridgehead atoms. The third-order valence-electron chi connectivity index (χ3n) is 4.02. The van der Waals surface area contributed by atoms with Crippen LogP contribution >= 0.6 is 24.0 Å². The molecule has 0 atom stereocenters. The number of aliphatic imine (C=N–C) groups is 1. The lowest BCUT2D eigenvalue weighted by Crippen LogP contribution is -2.40. The number of guanidine groups is 1. The summed E-state index contributed by atoms with van der Waals surface area (Å²) in [5.74, 6) is 0.603. The van der Waals surface area contributed by atoms with E-state index in [2.05, 4.69) is 56.7 Å². The zero-order chi connectivity index (χ0) is 18.8. The summed E-state index contributed by atoms with van der Waals surface area (Å²) in [5, 5.41) is 7.71. The number of fused-ring (bicyclic) bond motifs is 1. The molecule has 27 heavy (non-hydrogen) atoms. The van der Waals surface area contributed by atoms with Crippen molar-refractivity contribution in [2.24, 2.45) is 4.99 Å². The van der Waals surface area contributed by atoms with Gasteiger partial charge in [-0.3, -0.25) is 4.79 Å². The van der Waals surface area contributed by atoms with E-state index in [1.165, 1.54) is 15.8 Å². The normalized spacial score (nSPS) is 11.1. The first-order valence-corrected chi connectivity index (χ1v) is 8.87. The maximum Gasteiger partial charge on any atom is 0.243 e. The maximum absolute atomic E-state index is 11.7. The first kappa shape index (κ1) is 23.2. The van der Waals surface area contributed by atoms with Crippen LogP contribution in [0.5, 0.6) is 0 Å². The summed E-state index contributed by atoms with van der Waals surface area (Å²) in [6, 6.07) is 10.5. The Morgan fingerprint density at radius 3 is 2.67 bits per heavy atom. The van der Waals surface area contributed by atoms with Gasteiger partial charge in [-0.15, -0.1) is 24.0 Å². The molecule has 0 aliphatic heterocycles. The van der Waals surface area contributed by atoms with Crippen molar-refractivity contribution in [1.82, 2.24) is 20.1 Å². The Balaban J connectivity index is 0.00000364. The van der Waals surface area contributed by atoms with Gasteiger partial charge in [-0.1, -0.05) is 18.2 Å². The number of nitrogens with one attached hydrogen (secondary N) is 2. The number of nitrogens with zero attached hydrogens (tertiary/aromatic N) is 3. The monoisotopic (exact) mass is 487 g/mol. The van der Waals surface area contributed by atoms with Crippen LogP contribution in [-0.4, -0.2) is 68.8 Å². The average molecular weight is 487 g/mol. The Morgan fingerprint density at radius 2 is 1.93 bits per heavy atom. The van der Waals surface area contributed by atoms with Gasteiger partial charge in [-0.05, 0) is 23.9 Å². The first-order valence-electron chi connectivity index (χ1n) is 8.87. The number of rotatable bonds is 9. The molecule has 8 heteroatoms. The van der Waals surface area contributed by atoms with Crippen molar-refractivity contribution < 1.29 is 9.53 Å². The van der Waals surface area contributed by atoms with Crippen molar-refractivity contribution in [3.8, 4) is 0 Å². The molecule has 0 aliphatic rings. The van der Waals surface area contributed by atoms with Crippen molar-refractivity contribution in [1.29, 1.82) is 0 Å². The van der Waals surface area contributed by atoms with Gasteiger partial charge in [0.25, 0.3) is 0 Å². The third kappa shape index (κ3) is 7.76. The maximum atomic E-state index is 11.7. The van der Waals surface area contributed by atoms with E-state index in [1.807, 2.05) is 0 Å². The van der Waals surface area contributed by atoms with Gasteiger partial charge in [0.05, 0.1) is 6.61 Å². The van der Waals surface area contributed by atoms with Crippen molar-refractivity contribution in [3.05, 3.63) is 36.5 Å². The SMILES string of the molecule is COCCNC(=NCC(=O)N(C)C)NCCCn1ccc2ccccc21.I. The molecule has 0 spiro atoms. The van der Waals surface area contributed by atoms with Crippen LogP contribution in [0.3, 0.4) is 0 Å². The van der Waals surface area contributed by atoms with Crippen molar-refractivity contribution in [2.45, 2.75) is 13.0 Å². The van der Waals surface area contributed by atoms with Gasteiger partial charge >= 0.3 is 0 Å². The molecular formula is C19H30IN5O2. The number of para-hydroxylation sites is 1. The van der Waals surface area contributed by atoms with E-state index in [4.69, 9.17) is 4.74 Å². The third-order valence-corrected chi connectivity index (χ3v) is 4.02. The summed E-state index contributed by atoms with van der Waals surface area (Å²) in [6.45, 7) is 3.03. The van der Waals surface area contributed by atoms with Gasteiger partial charge in [0.2, 0.25) is 5.91 Å². The number of likely N-dealkylation sites (N-methyl/N-ethyl adjacent to an activating group) is 1. The van der Waals surface area contributed by atoms with Gasteiger partial charge < -0.3 is 24.8 Å². The van der Waals surface area contributed by atoms with Crippen LogP contribution < -0.4 is 10.6 Å². The molecule has 1 heterocycles. The fourth-order valence-corrected chi connectivity index (χ4v) is 2.53. The smallest absolute Gasteiger partial charge is 0.243 e. The van der Waals surface area contributed by atoms with E-state index >= 15 is 0 Å². The number of ether oxygens (including phenoxy) is 1. The quantitative estimate of drug-likeness (QED) is 0.246. The van der Waals surface area contributed by atoms with Gasteiger partial charge in [-0.2, -0.15) is 0 Å². The molecule has 0 fully saturated rings. The second-order valence-corrected chi connectivity index (χ2v) is 6.22. The minimum absolute atomic E-state index is 0. The number of amides is 1. The molecule has 2 N–H and O–H groups in total. The molecule has 1 amide bonds. The molecular weight excluding hydrogens is 457 g/mol. The van der Waals surface area contributed by atoms with Gasteiger partial charge in [0.1, 0.15) is 6.54 Å². The number of aromatic nitrogens is 1. The summed E-state index contributed by atoms with van der Waals surface area (Å²) in [5.41, 5.74) is 1.25. The first-order chi connectivity index (χ1) is 12.6. The minimum atomic E-state index is -0.0309. The summed E-state index contributed by atoms with van der Waals surface area (Å²) in [7, 11) is 5.11. The van der Waals surface area contributed by atoms with Crippen LogP contribution in [0, 0.1) is 0 Å². The summed E-state index contributed by atoms with van der Waals surface area (Å²) < 4.78 is 7.30. The lowest BCUT2D eigenvalue weighted by Gasteiger charge is -2.14. The summed E-state index contributed by atoms with van der Waals surface area (Å²) in [4.78, 5) is 17.6. The van der Waals surface area contributed by atoms with E-state index < -0.39 is 0 Å². The number of halogens is 1. The highest BCUT2D eigenvalue weighted by Gasteiger charge is 2.05. The van der Waals surface area contributed by atoms with Crippen LogP contribution in [0.15, 0.2) is 41.5 Å². The number of hydrogen-bond acceptors (Lipinski definition) is 3. The highest BCUT2D eigenvalue weighted by atomic mass is 127. The topological polar surface area (TPSA) is 70.9 Å². The molecule has 1 aromatic heterocycles. The number of hydrogen-bond donors (Lipinski definition) is 2. The second kappa shape index (κ2) is 12.6. The lowest BCUT2D eigenvalue weighted by atomic mass is 10.2. The number of aryl methyl sites for hydroxylation is 1. The Bertz CT molecular complexity index is 730. The van der Waals surface area contributed by atoms with Crippen LogP contribution in [0.25, 0.3) is 10.9 Å². The van der Waals surface area contributed by atoms with E-state index in [9.17, 15) is 4.79 Å². The van der Waals surface area contributed by atoms with Crippen molar-refractivity contribution in [2.75, 3.05) is 47.4 Å². The van der Waals surface area contributed by atoms with E-state index in [0.717, 1.165) is 19.5 Å². The number of carbonyl (C=O) groups excluding carboxylic acids is 1. The van der Waals surface area contributed by atoms with Gasteiger partial charge in [0, 0.05) is 52.6 Å². The fraction of sp³-hybridized carbons (Fsp3) is 0.474. The van der Waals surface area contributed by atoms with E-state index in [0.29, 0.717) is 19.1 Å². The summed E-state index contributed by atoms with van der Waals surface area (Å²) in [6.07, 6.45) is 3.07. The van der Waals surface area contributed by atoms with Gasteiger partial charge in [-0.25, -0.2) is 4.99 Å². The molecule has 2 aromatic rings. The van der Waals surface area contributed by atoms with Crippen LogP contribution in [-0.2, 0) is 16.1 Å². The fourth-order valence-electron chi connectivity index (χ4n) is 2.53. The molecule has 2 rings (SSSR count). The van der Waals surface area contributed by atoms with E-state index in [1.54, 1.807) is 21.2 Å². The number of methoxy groups -OCH3 is 1. The minimum Gasteiger partial charge on any atom is -0.383 e. The van der Waals surface area contributed by atoms with Crippen LogP contribution in [0.1, 0.15) is 6.42 Å². The highest BCUT2D eigenvalue weighted by molar-refractivity contribution is 14.0. The molecule has 0 saturated heterocycles. The molecule has 0 unspecified atom stereocenters.